The molecule has 0 aromatic carbocycles. The first-order valence-electron chi connectivity index (χ1n) is 6.42. The third-order valence-corrected chi connectivity index (χ3v) is 2.84. The van der Waals surface area contributed by atoms with Gasteiger partial charge >= 0.3 is 0 Å². The van der Waals surface area contributed by atoms with Crippen molar-refractivity contribution >= 4 is 5.91 Å². The largest absolute Gasteiger partial charge is 0.378 e. The molecule has 2 N–H and O–H groups in total. The SMILES string of the molecule is CCNCCC(=O)NCCC1CCCCO1. The van der Waals surface area contributed by atoms with Crippen molar-refractivity contribution in [2.24, 2.45) is 0 Å². The highest BCUT2D eigenvalue weighted by Crippen LogP contribution is 2.14. The van der Waals surface area contributed by atoms with Gasteiger partial charge in [0, 0.05) is 26.1 Å². The summed E-state index contributed by atoms with van der Waals surface area (Å²) in [6.45, 7) is 5.36. The second-order valence-corrected chi connectivity index (χ2v) is 4.23. The molecule has 1 heterocycles. The number of hydrogen-bond acceptors (Lipinski definition) is 3. The Balaban J connectivity index is 1.94. The van der Waals surface area contributed by atoms with E-state index in [2.05, 4.69) is 10.6 Å². The van der Waals surface area contributed by atoms with Crippen LogP contribution in [0.4, 0.5) is 0 Å². The van der Waals surface area contributed by atoms with E-state index < -0.39 is 0 Å². The molecule has 1 amide bonds. The molecule has 0 spiro atoms. The fourth-order valence-corrected chi connectivity index (χ4v) is 1.87. The first-order chi connectivity index (χ1) is 7.83. The van der Waals surface area contributed by atoms with Gasteiger partial charge in [0.25, 0.3) is 0 Å². The Kier molecular flexibility index (Phi) is 7.17. The van der Waals surface area contributed by atoms with E-state index in [0.29, 0.717) is 12.5 Å². The van der Waals surface area contributed by atoms with Crippen molar-refractivity contribution in [3.8, 4) is 0 Å². The lowest BCUT2D eigenvalue weighted by molar-refractivity contribution is -0.121. The molecule has 94 valence electrons. The van der Waals surface area contributed by atoms with Crippen LogP contribution in [-0.4, -0.2) is 38.3 Å². The normalized spacial score (nSPS) is 20.7. The Morgan fingerprint density at radius 2 is 2.25 bits per heavy atom. The molecule has 0 radical (unpaired) electrons. The molecule has 0 aromatic heterocycles. The number of hydrogen-bond donors (Lipinski definition) is 2. The van der Waals surface area contributed by atoms with Gasteiger partial charge in [0.05, 0.1) is 6.10 Å². The van der Waals surface area contributed by atoms with E-state index in [1.165, 1.54) is 12.8 Å². The Labute approximate surface area is 98.1 Å². The lowest BCUT2D eigenvalue weighted by atomic mass is 10.1. The second-order valence-electron chi connectivity index (χ2n) is 4.23. The summed E-state index contributed by atoms with van der Waals surface area (Å²) in [7, 11) is 0. The zero-order chi connectivity index (χ0) is 11.6. The van der Waals surface area contributed by atoms with Crippen molar-refractivity contribution in [2.75, 3.05) is 26.2 Å². The van der Waals surface area contributed by atoms with Gasteiger partial charge in [-0.25, -0.2) is 0 Å². The number of nitrogens with one attached hydrogen (secondary N) is 2. The molecule has 1 fully saturated rings. The summed E-state index contributed by atoms with van der Waals surface area (Å²) in [4.78, 5) is 11.4. The van der Waals surface area contributed by atoms with Gasteiger partial charge in [0.1, 0.15) is 0 Å². The van der Waals surface area contributed by atoms with Crippen molar-refractivity contribution in [1.82, 2.24) is 10.6 Å². The van der Waals surface area contributed by atoms with E-state index in [4.69, 9.17) is 4.74 Å². The fraction of sp³-hybridized carbons (Fsp3) is 0.917. The van der Waals surface area contributed by atoms with E-state index in [1.54, 1.807) is 0 Å². The van der Waals surface area contributed by atoms with Crippen LogP contribution in [0.25, 0.3) is 0 Å². The summed E-state index contributed by atoms with van der Waals surface area (Å²) in [5.41, 5.74) is 0. The molecule has 0 aromatic rings. The predicted octanol–water partition coefficient (Wildman–Crippen LogP) is 1.06. The number of amides is 1. The van der Waals surface area contributed by atoms with Crippen molar-refractivity contribution in [1.29, 1.82) is 0 Å². The average molecular weight is 228 g/mol. The van der Waals surface area contributed by atoms with Gasteiger partial charge in [-0.15, -0.1) is 0 Å². The number of carbonyl (C=O) groups excluding carboxylic acids is 1. The molecular weight excluding hydrogens is 204 g/mol. The van der Waals surface area contributed by atoms with Crippen LogP contribution in [-0.2, 0) is 9.53 Å². The zero-order valence-corrected chi connectivity index (χ0v) is 10.3. The standard InChI is InChI=1S/C12H24N2O2/c1-2-13-8-7-12(15)14-9-6-11-5-3-4-10-16-11/h11,13H,2-10H2,1H3,(H,14,15). The van der Waals surface area contributed by atoms with Crippen LogP contribution in [0.1, 0.15) is 39.0 Å². The lowest BCUT2D eigenvalue weighted by Gasteiger charge is -2.22. The van der Waals surface area contributed by atoms with Gasteiger partial charge in [-0.3, -0.25) is 4.79 Å². The van der Waals surface area contributed by atoms with Gasteiger partial charge in [-0.05, 0) is 32.2 Å². The lowest BCUT2D eigenvalue weighted by Crippen LogP contribution is -2.31. The van der Waals surface area contributed by atoms with Crippen LogP contribution in [0.3, 0.4) is 0 Å². The van der Waals surface area contributed by atoms with Gasteiger partial charge in [0.15, 0.2) is 0 Å². The molecule has 1 atom stereocenters. The molecule has 4 heteroatoms. The molecule has 1 unspecified atom stereocenters. The van der Waals surface area contributed by atoms with E-state index in [1.807, 2.05) is 6.92 Å². The molecule has 1 aliphatic rings. The molecule has 0 saturated carbocycles. The van der Waals surface area contributed by atoms with Crippen LogP contribution in [0.15, 0.2) is 0 Å². The maximum absolute atomic E-state index is 11.4. The van der Waals surface area contributed by atoms with E-state index in [0.717, 1.165) is 39.1 Å². The Bertz CT molecular complexity index is 191. The molecule has 1 aliphatic heterocycles. The monoisotopic (exact) mass is 228 g/mol. The van der Waals surface area contributed by atoms with E-state index >= 15 is 0 Å². The van der Waals surface area contributed by atoms with E-state index in [9.17, 15) is 4.79 Å². The highest BCUT2D eigenvalue weighted by molar-refractivity contribution is 5.75. The predicted molar refractivity (Wildman–Crippen MR) is 64.4 cm³/mol. The van der Waals surface area contributed by atoms with Crippen molar-refractivity contribution in [2.45, 2.75) is 45.1 Å². The van der Waals surface area contributed by atoms with Crippen LogP contribution in [0.2, 0.25) is 0 Å². The maximum Gasteiger partial charge on any atom is 0.221 e. The van der Waals surface area contributed by atoms with Crippen LogP contribution in [0, 0.1) is 0 Å². The van der Waals surface area contributed by atoms with Gasteiger partial charge in [0.2, 0.25) is 5.91 Å². The highest BCUT2D eigenvalue weighted by atomic mass is 16.5. The van der Waals surface area contributed by atoms with Crippen molar-refractivity contribution < 1.29 is 9.53 Å². The first kappa shape index (κ1) is 13.5. The third kappa shape index (κ3) is 6.08. The Morgan fingerprint density at radius 3 is 2.94 bits per heavy atom. The minimum absolute atomic E-state index is 0.136. The summed E-state index contributed by atoms with van der Waals surface area (Å²) in [5.74, 6) is 0.136. The fourth-order valence-electron chi connectivity index (χ4n) is 1.87. The minimum atomic E-state index is 0.136. The average Bonchev–Trinajstić information content (AvgIpc) is 2.31. The van der Waals surface area contributed by atoms with Crippen LogP contribution >= 0.6 is 0 Å². The zero-order valence-electron chi connectivity index (χ0n) is 10.3. The summed E-state index contributed by atoms with van der Waals surface area (Å²) in [6.07, 6.45) is 5.48. The van der Waals surface area contributed by atoms with Gasteiger partial charge in [-0.1, -0.05) is 6.92 Å². The summed E-state index contributed by atoms with van der Waals surface area (Å²) in [6, 6.07) is 0. The second kappa shape index (κ2) is 8.53. The Hall–Kier alpha value is -0.610. The van der Waals surface area contributed by atoms with Crippen LogP contribution < -0.4 is 10.6 Å². The highest BCUT2D eigenvalue weighted by Gasteiger charge is 2.13. The number of ether oxygens (including phenoxy) is 1. The molecular formula is C12H24N2O2. The van der Waals surface area contributed by atoms with E-state index in [-0.39, 0.29) is 5.91 Å². The van der Waals surface area contributed by atoms with Crippen LogP contribution in [0.5, 0.6) is 0 Å². The number of carbonyl (C=O) groups is 1. The molecule has 0 bridgehead atoms. The summed E-state index contributed by atoms with van der Waals surface area (Å²) < 4.78 is 5.59. The third-order valence-electron chi connectivity index (χ3n) is 2.84. The first-order valence-corrected chi connectivity index (χ1v) is 6.42. The molecule has 4 nitrogen and oxygen atoms in total. The van der Waals surface area contributed by atoms with Crippen molar-refractivity contribution in [3.05, 3.63) is 0 Å². The van der Waals surface area contributed by atoms with Gasteiger partial charge in [-0.2, -0.15) is 0 Å². The molecule has 1 rings (SSSR count). The van der Waals surface area contributed by atoms with Gasteiger partial charge < -0.3 is 15.4 Å². The molecule has 16 heavy (non-hydrogen) atoms. The topological polar surface area (TPSA) is 50.4 Å². The quantitative estimate of drug-likeness (QED) is 0.641. The molecule has 0 aliphatic carbocycles. The number of rotatable bonds is 7. The summed E-state index contributed by atoms with van der Waals surface area (Å²) >= 11 is 0. The maximum atomic E-state index is 11.4. The molecule has 1 saturated heterocycles. The summed E-state index contributed by atoms with van der Waals surface area (Å²) in [5, 5.41) is 6.06. The Morgan fingerprint density at radius 1 is 1.38 bits per heavy atom. The van der Waals surface area contributed by atoms with Crippen molar-refractivity contribution in [3.63, 3.8) is 0 Å². The minimum Gasteiger partial charge on any atom is -0.378 e. The smallest absolute Gasteiger partial charge is 0.221 e.